The topological polar surface area (TPSA) is 32.3 Å². The van der Waals surface area contributed by atoms with E-state index in [1.54, 1.807) is 0 Å². The Morgan fingerprint density at radius 3 is 2.56 bits per heavy atom. The maximum Gasteiger partial charge on any atom is 0.0962 e. The molecule has 2 aromatic carbocycles. The van der Waals surface area contributed by atoms with Gasteiger partial charge < -0.3 is 10.4 Å². The minimum absolute atomic E-state index is 0.463. The molecule has 0 bridgehead atoms. The summed E-state index contributed by atoms with van der Waals surface area (Å²) in [5, 5.41) is 14.0. The first kappa shape index (κ1) is 12.9. The second-order valence-corrected chi connectivity index (χ2v) is 4.63. The Kier molecular flexibility index (Phi) is 4.24. The molecule has 3 heteroatoms. The largest absolute Gasteiger partial charge is 0.387 e. The number of rotatable bonds is 4. The van der Waals surface area contributed by atoms with Gasteiger partial charge in [-0.15, -0.1) is 0 Å². The van der Waals surface area contributed by atoms with Gasteiger partial charge in [0.15, 0.2) is 0 Å². The molecule has 0 heterocycles. The van der Waals surface area contributed by atoms with E-state index in [0.717, 1.165) is 21.8 Å². The molecule has 0 aromatic heterocycles. The molecule has 0 aliphatic heterocycles. The Morgan fingerprint density at radius 2 is 1.83 bits per heavy atom. The van der Waals surface area contributed by atoms with Crippen LogP contribution in [0.15, 0.2) is 48.5 Å². The van der Waals surface area contributed by atoms with Crippen LogP contribution in [0.25, 0.3) is 0 Å². The summed E-state index contributed by atoms with van der Waals surface area (Å²) in [5.41, 5.74) is 2.86. The van der Waals surface area contributed by atoms with E-state index in [1.165, 1.54) is 0 Å². The van der Waals surface area contributed by atoms with Crippen LogP contribution in [-0.2, 0) is 0 Å². The van der Waals surface area contributed by atoms with Crippen molar-refractivity contribution >= 4 is 17.3 Å². The molecular formula is C15H16ClNO. The van der Waals surface area contributed by atoms with Crippen molar-refractivity contribution in [1.29, 1.82) is 0 Å². The lowest BCUT2D eigenvalue weighted by molar-refractivity contribution is 0.191. The molecule has 1 unspecified atom stereocenters. The first-order valence-electron chi connectivity index (χ1n) is 5.90. The first-order chi connectivity index (χ1) is 8.68. The molecule has 2 rings (SSSR count). The van der Waals surface area contributed by atoms with Crippen molar-refractivity contribution < 1.29 is 5.11 Å². The van der Waals surface area contributed by atoms with Crippen LogP contribution in [-0.4, -0.2) is 11.7 Å². The molecule has 0 radical (unpaired) electrons. The summed E-state index contributed by atoms with van der Waals surface area (Å²) in [4.78, 5) is 0. The fraction of sp³-hybridized carbons (Fsp3) is 0.200. The third-order valence-corrected chi connectivity index (χ3v) is 3.35. The monoisotopic (exact) mass is 261 g/mol. The van der Waals surface area contributed by atoms with Crippen molar-refractivity contribution in [3.05, 3.63) is 64.7 Å². The highest BCUT2D eigenvalue weighted by molar-refractivity contribution is 6.31. The number of benzene rings is 2. The van der Waals surface area contributed by atoms with Gasteiger partial charge in [0, 0.05) is 17.3 Å². The van der Waals surface area contributed by atoms with Gasteiger partial charge in [-0.3, -0.25) is 0 Å². The van der Waals surface area contributed by atoms with Crippen LogP contribution >= 0.6 is 11.6 Å². The molecule has 2 nitrogen and oxygen atoms in total. The Labute approximate surface area is 112 Å². The van der Waals surface area contributed by atoms with Crippen LogP contribution in [0.5, 0.6) is 0 Å². The zero-order chi connectivity index (χ0) is 13.0. The van der Waals surface area contributed by atoms with Gasteiger partial charge in [-0.05, 0) is 30.2 Å². The number of aliphatic hydroxyl groups excluding tert-OH is 1. The Morgan fingerprint density at radius 1 is 1.11 bits per heavy atom. The molecule has 0 amide bonds. The minimum atomic E-state index is -0.524. The second kappa shape index (κ2) is 5.89. The highest BCUT2D eigenvalue weighted by Crippen LogP contribution is 2.23. The molecule has 94 valence electrons. The van der Waals surface area contributed by atoms with E-state index < -0.39 is 6.10 Å². The summed E-state index contributed by atoms with van der Waals surface area (Å²) >= 11 is 6.04. The Bertz CT molecular complexity index is 513. The molecule has 1 atom stereocenters. The maximum absolute atomic E-state index is 10.0. The highest BCUT2D eigenvalue weighted by Gasteiger charge is 2.07. The van der Waals surface area contributed by atoms with Crippen LogP contribution < -0.4 is 5.32 Å². The third kappa shape index (κ3) is 3.03. The lowest BCUT2D eigenvalue weighted by Gasteiger charge is -2.15. The van der Waals surface area contributed by atoms with Gasteiger partial charge in [-0.1, -0.05) is 48.0 Å². The molecule has 0 aliphatic rings. The quantitative estimate of drug-likeness (QED) is 0.878. The summed E-state index contributed by atoms with van der Waals surface area (Å²) in [5.74, 6) is 0. The molecule has 0 saturated heterocycles. The minimum Gasteiger partial charge on any atom is -0.387 e. The summed E-state index contributed by atoms with van der Waals surface area (Å²) < 4.78 is 0. The lowest BCUT2D eigenvalue weighted by Crippen LogP contribution is -2.12. The van der Waals surface area contributed by atoms with Crippen LogP contribution in [0.3, 0.4) is 0 Å². The number of aliphatic hydroxyl groups is 1. The van der Waals surface area contributed by atoms with E-state index in [2.05, 4.69) is 5.32 Å². The molecule has 0 aliphatic carbocycles. The zero-order valence-electron chi connectivity index (χ0n) is 10.2. The normalized spacial score (nSPS) is 12.2. The van der Waals surface area contributed by atoms with Crippen molar-refractivity contribution in [3.8, 4) is 0 Å². The standard InChI is InChI=1S/C15H16ClNO/c1-11-13(16)8-5-9-14(11)17-10-15(18)12-6-3-2-4-7-12/h2-9,15,17-18H,10H2,1H3. The fourth-order valence-corrected chi connectivity index (χ4v) is 1.97. The van der Waals surface area contributed by atoms with E-state index in [9.17, 15) is 5.11 Å². The highest BCUT2D eigenvalue weighted by atomic mass is 35.5. The van der Waals surface area contributed by atoms with E-state index >= 15 is 0 Å². The molecule has 2 N–H and O–H groups in total. The van der Waals surface area contributed by atoms with Gasteiger partial charge in [0.1, 0.15) is 0 Å². The van der Waals surface area contributed by atoms with Gasteiger partial charge >= 0.3 is 0 Å². The van der Waals surface area contributed by atoms with Crippen molar-refractivity contribution in [2.24, 2.45) is 0 Å². The number of hydrogen-bond acceptors (Lipinski definition) is 2. The average molecular weight is 262 g/mol. The number of anilines is 1. The van der Waals surface area contributed by atoms with E-state index in [1.807, 2.05) is 55.5 Å². The smallest absolute Gasteiger partial charge is 0.0962 e. The van der Waals surface area contributed by atoms with Gasteiger partial charge in [-0.25, -0.2) is 0 Å². The molecule has 2 aromatic rings. The second-order valence-electron chi connectivity index (χ2n) is 4.22. The number of nitrogens with one attached hydrogen (secondary N) is 1. The van der Waals surface area contributed by atoms with Gasteiger partial charge in [-0.2, -0.15) is 0 Å². The molecule has 0 saturated carbocycles. The molecule has 18 heavy (non-hydrogen) atoms. The Hall–Kier alpha value is -1.51. The van der Waals surface area contributed by atoms with Gasteiger partial charge in [0.05, 0.1) is 6.10 Å². The molecule has 0 fully saturated rings. The fourth-order valence-electron chi connectivity index (χ4n) is 1.80. The summed E-state index contributed by atoms with van der Waals surface area (Å²) in [6.07, 6.45) is -0.524. The maximum atomic E-state index is 10.0. The summed E-state index contributed by atoms with van der Waals surface area (Å²) in [7, 11) is 0. The predicted molar refractivity (Wildman–Crippen MR) is 76.1 cm³/mol. The van der Waals surface area contributed by atoms with E-state index in [4.69, 9.17) is 11.6 Å². The lowest BCUT2D eigenvalue weighted by atomic mass is 10.1. The van der Waals surface area contributed by atoms with Crippen molar-refractivity contribution in [3.63, 3.8) is 0 Å². The van der Waals surface area contributed by atoms with Crippen LogP contribution in [0, 0.1) is 6.92 Å². The van der Waals surface area contributed by atoms with Crippen LogP contribution in [0.4, 0.5) is 5.69 Å². The van der Waals surface area contributed by atoms with Crippen molar-refractivity contribution in [2.45, 2.75) is 13.0 Å². The summed E-state index contributed by atoms with van der Waals surface area (Å²) in [6, 6.07) is 15.3. The average Bonchev–Trinajstić information content (AvgIpc) is 2.41. The third-order valence-electron chi connectivity index (χ3n) is 2.94. The van der Waals surface area contributed by atoms with Gasteiger partial charge in [0.25, 0.3) is 0 Å². The summed E-state index contributed by atoms with van der Waals surface area (Å²) in [6.45, 7) is 2.42. The van der Waals surface area contributed by atoms with E-state index in [0.29, 0.717) is 6.54 Å². The number of hydrogen-bond donors (Lipinski definition) is 2. The predicted octanol–water partition coefficient (Wildman–Crippen LogP) is 3.79. The molecular weight excluding hydrogens is 246 g/mol. The first-order valence-corrected chi connectivity index (χ1v) is 6.28. The van der Waals surface area contributed by atoms with Crippen molar-refractivity contribution in [2.75, 3.05) is 11.9 Å². The SMILES string of the molecule is Cc1c(Cl)cccc1NCC(O)c1ccccc1. The van der Waals surface area contributed by atoms with Gasteiger partial charge in [0.2, 0.25) is 0 Å². The number of halogens is 1. The van der Waals surface area contributed by atoms with Crippen LogP contribution in [0.1, 0.15) is 17.2 Å². The zero-order valence-corrected chi connectivity index (χ0v) is 11.0. The molecule has 0 spiro atoms. The Balaban J connectivity index is 2.02. The van der Waals surface area contributed by atoms with Crippen LogP contribution in [0.2, 0.25) is 5.02 Å². The van der Waals surface area contributed by atoms with Crippen molar-refractivity contribution in [1.82, 2.24) is 0 Å². The van der Waals surface area contributed by atoms with E-state index in [-0.39, 0.29) is 0 Å².